The predicted octanol–water partition coefficient (Wildman–Crippen LogP) is 2.93. The predicted molar refractivity (Wildman–Crippen MR) is 74.9 cm³/mol. The van der Waals surface area contributed by atoms with Gasteiger partial charge in [-0.15, -0.1) is 0 Å². The van der Waals surface area contributed by atoms with Gasteiger partial charge in [0.2, 0.25) is 0 Å². The lowest BCUT2D eigenvalue weighted by Gasteiger charge is -2.03. The zero-order chi connectivity index (χ0) is 12.8. The Hall–Kier alpha value is -1.61. The summed E-state index contributed by atoms with van der Waals surface area (Å²) in [5.74, 6) is 0. The fourth-order valence-electron chi connectivity index (χ4n) is 1.97. The van der Waals surface area contributed by atoms with Crippen LogP contribution >= 0.6 is 0 Å². The lowest BCUT2D eigenvalue weighted by atomic mass is 10.1. The Balaban J connectivity index is 2.08. The van der Waals surface area contributed by atoms with E-state index in [1.807, 2.05) is 6.33 Å². The Kier molecular flexibility index (Phi) is 4.53. The van der Waals surface area contributed by atoms with Gasteiger partial charge in [0, 0.05) is 18.4 Å². The highest BCUT2D eigenvalue weighted by Crippen LogP contribution is 2.11. The molecule has 0 aliphatic rings. The summed E-state index contributed by atoms with van der Waals surface area (Å²) in [5.41, 5.74) is 3.65. The molecule has 1 aromatic carbocycles. The topological polar surface area (TPSA) is 29.9 Å². The van der Waals surface area contributed by atoms with Gasteiger partial charge in [-0.05, 0) is 30.7 Å². The van der Waals surface area contributed by atoms with Gasteiger partial charge < -0.3 is 9.88 Å². The fraction of sp³-hybridized carbons (Fsp3) is 0.400. The summed E-state index contributed by atoms with van der Waals surface area (Å²) in [6.07, 6.45) is 6.30. The first-order chi connectivity index (χ1) is 8.83. The van der Waals surface area contributed by atoms with E-state index in [2.05, 4.69) is 59.2 Å². The molecule has 2 aromatic rings. The molecule has 0 saturated carbocycles. The third-order valence-electron chi connectivity index (χ3n) is 2.97. The van der Waals surface area contributed by atoms with Crippen molar-refractivity contribution >= 4 is 0 Å². The Bertz CT molecular complexity index is 471. The first-order valence-electron chi connectivity index (χ1n) is 6.66. The van der Waals surface area contributed by atoms with Crippen molar-refractivity contribution in [3.8, 4) is 5.69 Å². The number of imidazole rings is 1. The highest BCUT2D eigenvalue weighted by atomic mass is 15.0. The minimum atomic E-state index is 0.831. The molecule has 96 valence electrons. The Morgan fingerprint density at radius 3 is 2.61 bits per heavy atom. The minimum absolute atomic E-state index is 0.831. The summed E-state index contributed by atoms with van der Waals surface area (Å²) >= 11 is 0. The van der Waals surface area contributed by atoms with Gasteiger partial charge in [0.05, 0.1) is 12.0 Å². The molecule has 0 saturated heterocycles. The molecule has 1 N–H and O–H groups in total. The van der Waals surface area contributed by atoms with Crippen molar-refractivity contribution in [1.82, 2.24) is 14.9 Å². The average molecular weight is 243 g/mol. The van der Waals surface area contributed by atoms with Crippen molar-refractivity contribution in [3.63, 3.8) is 0 Å². The van der Waals surface area contributed by atoms with E-state index in [1.165, 1.54) is 17.7 Å². The molecule has 3 heteroatoms. The van der Waals surface area contributed by atoms with Crippen LogP contribution in [0.15, 0.2) is 36.8 Å². The van der Waals surface area contributed by atoms with Crippen molar-refractivity contribution < 1.29 is 0 Å². The number of benzene rings is 1. The summed E-state index contributed by atoms with van der Waals surface area (Å²) in [4.78, 5) is 4.39. The highest BCUT2D eigenvalue weighted by Gasteiger charge is 2.00. The molecule has 0 spiro atoms. The van der Waals surface area contributed by atoms with Crippen molar-refractivity contribution in [1.29, 1.82) is 0 Å². The van der Waals surface area contributed by atoms with E-state index in [0.717, 1.165) is 25.2 Å². The Labute approximate surface area is 109 Å². The van der Waals surface area contributed by atoms with Crippen molar-refractivity contribution in [2.24, 2.45) is 0 Å². The molecule has 0 bridgehead atoms. The quantitative estimate of drug-likeness (QED) is 0.845. The van der Waals surface area contributed by atoms with Crippen LogP contribution in [0.3, 0.4) is 0 Å². The van der Waals surface area contributed by atoms with E-state index < -0.39 is 0 Å². The number of hydrogen-bond acceptors (Lipinski definition) is 2. The highest BCUT2D eigenvalue weighted by molar-refractivity contribution is 5.35. The summed E-state index contributed by atoms with van der Waals surface area (Å²) in [6, 6.07) is 8.71. The summed E-state index contributed by atoms with van der Waals surface area (Å²) < 4.78 is 2.07. The smallest absolute Gasteiger partial charge is 0.0995 e. The first kappa shape index (κ1) is 12.8. The second-order valence-corrected chi connectivity index (χ2v) is 4.47. The van der Waals surface area contributed by atoms with Crippen LogP contribution in [0, 0.1) is 0 Å². The van der Waals surface area contributed by atoms with Crippen molar-refractivity contribution in [2.75, 3.05) is 6.54 Å². The lowest BCUT2D eigenvalue weighted by molar-refractivity contribution is 0.713. The van der Waals surface area contributed by atoms with Gasteiger partial charge in [0.25, 0.3) is 0 Å². The average Bonchev–Trinajstić information content (AvgIpc) is 2.86. The maximum absolute atomic E-state index is 4.39. The molecule has 1 aromatic heterocycles. The molecule has 0 atom stereocenters. The van der Waals surface area contributed by atoms with Crippen LogP contribution in [0.5, 0.6) is 0 Å². The number of nitrogens with one attached hydrogen (secondary N) is 1. The van der Waals surface area contributed by atoms with E-state index in [0.29, 0.717) is 0 Å². The summed E-state index contributed by atoms with van der Waals surface area (Å²) in [7, 11) is 0. The standard InChI is InChI=1S/C15H21N3/c1-3-5-13-6-8-15(9-7-13)18-11-14(17-12-18)10-16-4-2/h6-9,11-12,16H,3-5,10H2,1-2H3. The molecule has 0 aliphatic heterocycles. The van der Waals surface area contributed by atoms with E-state index in [9.17, 15) is 0 Å². The SMILES string of the molecule is CCCc1ccc(-n2cnc(CNCC)c2)cc1. The zero-order valence-electron chi connectivity index (χ0n) is 11.2. The molecule has 0 unspecified atom stereocenters. The molecular weight excluding hydrogens is 222 g/mol. The molecular formula is C15H21N3. The van der Waals surface area contributed by atoms with Crippen LogP contribution in [0.25, 0.3) is 5.69 Å². The third kappa shape index (κ3) is 3.20. The van der Waals surface area contributed by atoms with Gasteiger partial charge in [-0.3, -0.25) is 0 Å². The van der Waals surface area contributed by atoms with Crippen molar-refractivity contribution in [3.05, 3.63) is 48.0 Å². The van der Waals surface area contributed by atoms with Crippen LogP contribution in [0.4, 0.5) is 0 Å². The fourth-order valence-corrected chi connectivity index (χ4v) is 1.97. The van der Waals surface area contributed by atoms with Crippen LogP contribution in [-0.2, 0) is 13.0 Å². The van der Waals surface area contributed by atoms with Crippen molar-refractivity contribution in [2.45, 2.75) is 33.2 Å². The summed E-state index contributed by atoms with van der Waals surface area (Å²) in [6.45, 7) is 6.11. The molecule has 0 radical (unpaired) electrons. The molecule has 2 rings (SSSR count). The molecule has 18 heavy (non-hydrogen) atoms. The molecule has 3 nitrogen and oxygen atoms in total. The Morgan fingerprint density at radius 2 is 1.94 bits per heavy atom. The molecule has 0 fully saturated rings. The molecule has 1 heterocycles. The van der Waals surface area contributed by atoms with Crippen LogP contribution in [0.1, 0.15) is 31.5 Å². The van der Waals surface area contributed by atoms with Gasteiger partial charge in [-0.1, -0.05) is 32.4 Å². The van der Waals surface area contributed by atoms with Gasteiger partial charge in [0.1, 0.15) is 0 Å². The number of aromatic nitrogens is 2. The zero-order valence-corrected chi connectivity index (χ0v) is 11.2. The third-order valence-corrected chi connectivity index (χ3v) is 2.97. The van der Waals surface area contributed by atoms with Crippen LogP contribution in [-0.4, -0.2) is 16.1 Å². The number of rotatable bonds is 6. The maximum atomic E-state index is 4.39. The normalized spacial score (nSPS) is 10.8. The maximum Gasteiger partial charge on any atom is 0.0995 e. The second kappa shape index (κ2) is 6.36. The monoisotopic (exact) mass is 243 g/mol. The number of hydrogen-bond donors (Lipinski definition) is 1. The minimum Gasteiger partial charge on any atom is -0.311 e. The number of nitrogens with zero attached hydrogens (tertiary/aromatic N) is 2. The van der Waals surface area contributed by atoms with E-state index in [-0.39, 0.29) is 0 Å². The van der Waals surface area contributed by atoms with Gasteiger partial charge in [-0.25, -0.2) is 4.98 Å². The second-order valence-electron chi connectivity index (χ2n) is 4.47. The first-order valence-corrected chi connectivity index (χ1v) is 6.66. The van der Waals surface area contributed by atoms with E-state index in [1.54, 1.807) is 0 Å². The van der Waals surface area contributed by atoms with Gasteiger partial charge >= 0.3 is 0 Å². The lowest BCUT2D eigenvalue weighted by Crippen LogP contribution is -2.11. The largest absolute Gasteiger partial charge is 0.311 e. The van der Waals surface area contributed by atoms with Crippen LogP contribution < -0.4 is 5.32 Å². The van der Waals surface area contributed by atoms with E-state index >= 15 is 0 Å². The molecule has 0 amide bonds. The van der Waals surface area contributed by atoms with Gasteiger partial charge in [-0.2, -0.15) is 0 Å². The van der Waals surface area contributed by atoms with Gasteiger partial charge in [0.15, 0.2) is 0 Å². The van der Waals surface area contributed by atoms with Crippen LogP contribution in [0.2, 0.25) is 0 Å². The summed E-state index contributed by atoms with van der Waals surface area (Å²) in [5, 5.41) is 3.28. The molecule has 0 aliphatic carbocycles. The van der Waals surface area contributed by atoms with E-state index in [4.69, 9.17) is 0 Å². The Morgan fingerprint density at radius 1 is 1.17 bits per heavy atom. The number of aryl methyl sites for hydroxylation is 1.